The summed E-state index contributed by atoms with van der Waals surface area (Å²) in [6.07, 6.45) is 1.70. The summed E-state index contributed by atoms with van der Waals surface area (Å²) >= 11 is 0. The van der Waals surface area contributed by atoms with E-state index < -0.39 is 10.0 Å². The van der Waals surface area contributed by atoms with E-state index in [4.69, 9.17) is 4.74 Å². The molecule has 1 amide bonds. The Morgan fingerprint density at radius 3 is 2.66 bits per heavy atom. The van der Waals surface area contributed by atoms with Crippen LogP contribution >= 0.6 is 0 Å². The third-order valence-corrected chi connectivity index (χ3v) is 6.49. The Labute approximate surface area is 169 Å². The molecule has 0 bridgehead atoms. The van der Waals surface area contributed by atoms with Crippen molar-refractivity contribution in [3.05, 3.63) is 54.2 Å². The van der Waals surface area contributed by atoms with Gasteiger partial charge in [-0.25, -0.2) is 13.1 Å². The molecule has 1 fully saturated rings. The fraction of sp³-hybridized carbons (Fsp3) is 0.286. The van der Waals surface area contributed by atoms with Crippen LogP contribution < -0.4 is 14.8 Å². The van der Waals surface area contributed by atoms with Crippen LogP contribution in [0.1, 0.15) is 18.5 Å². The molecule has 8 heteroatoms. The number of hydrogen-bond donors (Lipinski definition) is 2. The number of carbonyl (C=O) groups is 1. The number of benzene rings is 2. The minimum absolute atomic E-state index is 0.00476. The van der Waals surface area contributed by atoms with Gasteiger partial charge in [-0.2, -0.15) is 0 Å². The average molecular weight is 413 g/mol. The van der Waals surface area contributed by atoms with Crippen molar-refractivity contribution >= 4 is 32.5 Å². The number of carbonyl (C=O) groups excluding carboxylic acids is 1. The number of ether oxygens (including phenoxy) is 1. The molecule has 0 saturated heterocycles. The summed E-state index contributed by atoms with van der Waals surface area (Å²) in [6, 6.07) is 14.3. The number of aromatic nitrogens is 1. The van der Waals surface area contributed by atoms with Gasteiger partial charge in [0.2, 0.25) is 15.9 Å². The van der Waals surface area contributed by atoms with Crippen LogP contribution in [0.2, 0.25) is 0 Å². The Kier molecular flexibility index (Phi) is 5.06. The molecule has 7 nitrogen and oxygen atoms in total. The molecule has 1 aliphatic carbocycles. The molecule has 152 valence electrons. The molecular weight excluding hydrogens is 390 g/mol. The monoisotopic (exact) mass is 413 g/mol. The van der Waals surface area contributed by atoms with E-state index in [-0.39, 0.29) is 23.4 Å². The number of sulfonamides is 1. The third-order valence-electron chi connectivity index (χ3n) is 4.97. The summed E-state index contributed by atoms with van der Waals surface area (Å²) in [5.74, 6) is 0.135. The van der Waals surface area contributed by atoms with Gasteiger partial charge in [-0.1, -0.05) is 18.2 Å². The van der Waals surface area contributed by atoms with Crippen molar-refractivity contribution < 1.29 is 17.9 Å². The summed E-state index contributed by atoms with van der Waals surface area (Å²) in [4.78, 5) is 12.8. The third kappa shape index (κ3) is 4.13. The Bertz CT molecular complexity index is 1180. The molecule has 4 rings (SSSR count). The first-order valence-corrected chi connectivity index (χ1v) is 10.9. The standard InChI is InChI=1S/C21H23N3O4S/c1-14-11-15-5-3-4-6-19(15)24(14)13-21(25)22-18-12-17(9-10-20(18)28-2)29(26,27)23-16-7-8-16/h3-6,9-12,16,23H,7-8,13H2,1-2H3,(H,22,25). The highest BCUT2D eigenvalue weighted by Gasteiger charge is 2.28. The molecule has 1 aromatic heterocycles. The summed E-state index contributed by atoms with van der Waals surface area (Å²) in [5, 5.41) is 3.86. The summed E-state index contributed by atoms with van der Waals surface area (Å²) < 4.78 is 34.9. The summed E-state index contributed by atoms with van der Waals surface area (Å²) in [5.41, 5.74) is 2.26. The molecular formula is C21H23N3O4S. The fourth-order valence-electron chi connectivity index (χ4n) is 3.33. The molecule has 0 unspecified atom stereocenters. The van der Waals surface area contributed by atoms with E-state index in [1.807, 2.05) is 41.8 Å². The molecule has 2 N–H and O–H groups in total. The van der Waals surface area contributed by atoms with Crippen LogP contribution in [0.15, 0.2) is 53.4 Å². The molecule has 0 radical (unpaired) electrons. The number of anilines is 1. The molecule has 29 heavy (non-hydrogen) atoms. The smallest absolute Gasteiger partial charge is 0.244 e. The van der Waals surface area contributed by atoms with Gasteiger partial charge >= 0.3 is 0 Å². The molecule has 1 saturated carbocycles. The topological polar surface area (TPSA) is 89.4 Å². The lowest BCUT2D eigenvalue weighted by atomic mass is 10.2. The van der Waals surface area contributed by atoms with Crippen LogP contribution in [0.25, 0.3) is 10.9 Å². The van der Waals surface area contributed by atoms with Gasteiger partial charge in [0, 0.05) is 17.3 Å². The molecule has 2 aromatic carbocycles. The predicted molar refractivity (Wildman–Crippen MR) is 112 cm³/mol. The maximum Gasteiger partial charge on any atom is 0.244 e. The number of hydrogen-bond acceptors (Lipinski definition) is 4. The Balaban J connectivity index is 1.58. The highest BCUT2D eigenvalue weighted by molar-refractivity contribution is 7.89. The zero-order valence-corrected chi connectivity index (χ0v) is 17.1. The highest BCUT2D eigenvalue weighted by Crippen LogP contribution is 2.29. The van der Waals surface area contributed by atoms with E-state index in [1.165, 1.54) is 19.2 Å². The lowest BCUT2D eigenvalue weighted by Crippen LogP contribution is -2.26. The van der Waals surface area contributed by atoms with Gasteiger partial charge in [0.25, 0.3) is 0 Å². The van der Waals surface area contributed by atoms with Crippen molar-refractivity contribution in [1.82, 2.24) is 9.29 Å². The largest absolute Gasteiger partial charge is 0.495 e. The lowest BCUT2D eigenvalue weighted by Gasteiger charge is -2.14. The maximum absolute atomic E-state index is 12.7. The highest BCUT2D eigenvalue weighted by atomic mass is 32.2. The van der Waals surface area contributed by atoms with Crippen LogP contribution in [0.4, 0.5) is 5.69 Å². The number of amides is 1. The van der Waals surface area contributed by atoms with Crippen LogP contribution in [0, 0.1) is 6.92 Å². The quantitative estimate of drug-likeness (QED) is 0.623. The molecule has 0 atom stereocenters. The van der Waals surface area contributed by atoms with E-state index in [9.17, 15) is 13.2 Å². The zero-order valence-electron chi connectivity index (χ0n) is 16.3. The maximum atomic E-state index is 12.7. The first-order valence-electron chi connectivity index (χ1n) is 9.42. The van der Waals surface area contributed by atoms with Crippen LogP contribution in [-0.4, -0.2) is 32.0 Å². The van der Waals surface area contributed by atoms with E-state index in [1.54, 1.807) is 6.07 Å². The number of rotatable bonds is 7. The summed E-state index contributed by atoms with van der Waals surface area (Å²) in [6.45, 7) is 2.06. The predicted octanol–water partition coefficient (Wildman–Crippen LogP) is 3.04. The average Bonchev–Trinajstić information content (AvgIpc) is 3.44. The minimum Gasteiger partial charge on any atom is -0.495 e. The van der Waals surface area contributed by atoms with Crippen molar-refractivity contribution in [1.29, 1.82) is 0 Å². The second-order valence-electron chi connectivity index (χ2n) is 7.24. The van der Waals surface area contributed by atoms with Crippen molar-refractivity contribution in [2.24, 2.45) is 0 Å². The van der Waals surface area contributed by atoms with E-state index in [0.717, 1.165) is 29.4 Å². The minimum atomic E-state index is -3.63. The number of nitrogens with zero attached hydrogens (tertiary/aromatic N) is 1. The number of methoxy groups -OCH3 is 1. The Morgan fingerprint density at radius 1 is 1.17 bits per heavy atom. The van der Waals surface area contributed by atoms with Crippen molar-refractivity contribution in [3.8, 4) is 5.75 Å². The van der Waals surface area contributed by atoms with E-state index in [0.29, 0.717) is 11.4 Å². The van der Waals surface area contributed by atoms with Gasteiger partial charge in [-0.3, -0.25) is 4.79 Å². The Morgan fingerprint density at radius 2 is 1.93 bits per heavy atom. The first-order chi connectivity index (χ1) is 13.9. The molecule has 0 spiro atoms. The van der Waals surface area contributed by atoms with E-state index in [2.05, 4.69) is 10.0 Å². The van der Waals surface area contributed by atoms with Gasteiger partial charge < -0.3 is 14.6 Å². The first kappa shape index (κ1) is 19.5. The van der Waals surface area contributed by atoms with Gasteiger partial charge in [-0.15, -0.1) is 0 Å². The van der Waals surface area contributed by atoms with Crippen molar-refractivity contribution in [3.63, 3.8) is 0 Å². The number of nitrogens with one attached hydrogen (secondary N) is 2. The number of aryl methyl sites for hydroxylation is 1. The zero-order chi connectivity index (χ0) is 20.6. The Hall–Kier alpha value is -2.84. The lowest BCUT2D eigenvalue weighted by molar-refractivity contribution is -0.116. The molecule has 0 aliphatic heterocycles. The van der Waals surface area contributed by atoms with Gasteiger partial charge in [-0.05, 0) is 55.5 Å². The van der Waals surface area contributed by atoms with E-state index >= 15 is 0 Å². The second-order valence-corrected chi connectivity index (χ2v) is 8.95. The normalized spacial score (nSPS) is 14.1. The second kappa shape index (κ2) is 7.53. The summed E-state index contributed by atoms with van der Waals surface area (Å²) in [7, 11) is -2.15. The van der Waals surface area contributed by atoms with Gasteiger partial charge in [0.15, 0.2) is 0 Å². The van der Waals surface area contributed by atoms with Crippen LogP contribution in [-0.2, 0) is 21.4 Å². The van der Waals surface area contributed by atoms with Crippen LogP contribution in [0.3, 0.4) is 0 Å². The number of fused-ring (bicyclic) bond motifs is 1. The fourth-order valence-corrected chi connectivity index (χ4v) is 4.66. The van der Waals surface area contributed by atoms with Crippen LogP contribution in [0.5, 0.6) is 5.75 Å². The van der Waals surface area contributed by atoms with Crippen molar-refractivity contribution in [2.75, 3.05) is 12.4 Å². The van der Waals surface area contributed by atoms with Gasteiger partial charge in [0.05, 0.1) is 17.7 Å². The SMILES string of the molecule is COc1ccc(S(=O)(=O)NC2CC2)cc1NC(=O)Cn1c(C)cc2ccccc21. The molecule has 1 heterocycles. The van der Waals surface area contributed by atoms with Crippen molar-refractivity contribution in [2.45, 2.75) is 37.2 Å². The number of para-hydroxylation sites is 1. The van der Waals surface area contributed by atoms with Gasteiger partial charge in [0.1, 0.15) is 12.3 Å². The molecule has 3 aromatic rings. The molecule has 1 aliphatic rings.